The minimum absolute atomic E-state index is 0.0785. The first kappa shape index (κ1) is 22.0. The van der Waals surface area contributed by atoms with Gasteiger partial charge in [0.2, 0.25) is 5.91 Å². The molecule has 0 spiro atoms. The number of fused-ring (bicyclic) bond motifs is 1. The molecule has 32 heavy (non-hydrogen) atoms. The number of aromatic nitrogens is 1. The third-order valence-electron chi connectivity index (χ3n) is 5.91. The Bertz CT molecular complexity index is 1100. The molecule has 2 heterocycles. The van der Waals surface area contributed by atoms with Crippen molar-refractivity contribution in [3.05, 3.63) is 71.4 Å². The molecular formula is C25H29N3O4. The molecule has 7 heteroatoms. The van der Waals surface area contributed by atoms with E-state index in [0.29, 0.717) is 25.3 Å². The standard InChI is InChI=1S/C25H29N3O4/c1-18-6-5-7-19(14-18)23(27-10-12-32-13-11-27)15-26-24(29)17-28-16-21(25(30)31-2)20-8-3-4-9-22(20)28/h3-9,14,16,23H,10-13,15,17H2,1-2H3,(H,26,29). The zero-order valence-electron chi connectivity index (χ0n) is 18.5. The summed E-state index contributed by atoms with van der Waals surface area (Å²) in [7, 11) is 1.36. The Balaban J connectivity index is 1.50. The van der Waals surface area contributed by atoms with E-state index in [1.165, 1.54) is 18.2 Å². The maximum atomic E-state index is 12.9. The molecule has 1 aliphatic rings. The zero-order chi connectivity index (χ0) is 22.5. The van der Waals surface area contributed by atoms with Crippen molar-refractivity contribution in [2.45, 2.75) is 19.5 Å². The Morgan fingerprint density at radius 1 is 1.12 bits per heavy atom. The molecule has 0 bridgehead atoms. The van der Waals surface area contributed by atoms with Crippen LogP contribution in [0.1, 0.15) is 27.5 Å². The second kappa shape index (κ2) is 9.97. The molecule has 0 radical (unpaired) electrons. The molecule has 0 saturated carbocycles. The lowest BCUT2D eigenvalue weighted by Crippen LogP contribution is -2.44. The summed E-state index contributed by atoms with van der Waals surface area (Å²) in [6.07, 6.45) is 1.69. The highest BCUT2D eigenvalue weighted by Crippen LogP contribution is 2.23. The summed E-state index contributed by atoms with van der Waals surface area (Å²) in [5, 5.41) is 3.88. The predicted octanol–water partition coefficient (Wildman–Crippen LogP) is 2.93. The minimum Gasteiger partial charge on any atom is -0.465 e. The van der Waals surface area contributed by atoms with Crippen LogP contribution in [0, 0.1) is 6.92 Å². The van der Waals surface area contributed by atoms with Crippen molar-refractivity contribution in [2.24, 2.45) is 0 Å². The van der Waals surface area contributed by atoms with Crippen LogP contribution in [-0.2, 0) is 20.8 Å². The van der Waals surface area contributed by atoms with E-state index in [9.17, 15) is 9.59 Å². The molecule has 7 nitrogen and oxygen atoms in total. The van der Waals surface area contributed by atoms with Gasteiger partial charge in [-0.25, -0.2) is 4.79 Å². The quantitative estimate of drug-likeness (QED) is 0.578. The summed E-state index contributed by atoms with van der Waals surface area (Å²) in [6.45, 7) is 5.77. The number of benzene rings is 2. The molecule has 1 fully saturated rings. The molecular weight excluding hydrogens is 406 g/mol. The fourth-order valence-electron chi connectivity index (χ4n) is 4.30. The van der Waals surface area contributed by atoms with Crippen LogP contribution in [0.5, 0.6) is 0 Å². The Morgan fingerprint density at radius 3 is 2.66 bits per heavy atom. The van der Waals surface area contributed by atoms with E-state index >= 15 is 0 Å². The van der Waals surface area contributed by atoms with Crippen LogP contribution in [0.15, 0.2) is 54.7 Å². The molecule has 0 aliphatic carbocycles. The van der Waals surface area contributed by atoms with Gasteiger partial charge in [-0.2, -0.15) is 0 Å². The van der Waals surface area contributed by atoms with E-state index in [4.69, 9.17) is 9.47 Å². The van der Waals surface area contributed by atoms with Gasteiger partial charge < -0.3 is 19.4 Å². The van der Waals surface area contributed by atoms with Crippen molar-refractivity contribution in [3.63, 3.8) is 0 Å². The molecule has 168 valence electrons. The number of nitrogens with zero attached hydrogens (tertiary/aromatic N) is 2. The lowest BCUT2D eigenvalue weighted by molar-refractivity contribution is -0.122. The molecule has 1 amide bonds. The summed E-state index contributed by atoms with van der Waals surface area (Å²) in [4.78, 5) is 27.4. The summed E-state index contributed by atoms with van der Waals surface area (Å²) in [5.74, 6) is -0.514. The Morgan fingerprint density at radius 2 is 1.91 bits per heavy atom. The van der Waals surface area contributed by atoms with E-state index in [0.717, 1.165) is 24.0 Å². The first-order valence-electron chi connectivity index (χ1n) is 10.9. The second-order valence-electron chi connectivity index (χ2n) is 8.06. The molecule has 4 rings (SSSR count). The van der Waals surface area contributed by atoms with Crippen molar-refractivity contribution in [1.29, 1.82) is 0 Å². The maximum absolute atomic E-state index is 12.9. The van der Waals surface area contributed by atoms with Gasteiger partial charge in [0.05, 0.1) is 31.9 Å². The molecule has 1 atom stereocenters. The molecule has 1 saturated heterocycles. The molecule has 1 N–H and O–H groups in total. The van der Waals surface area contributed by atoms with Gasteiger partial charge in [-0.3, -0.25) is 9.69 Å². The monoisotopic (exact) mass is 435 g/mol. The van der Waals surface area contributed by atoms with E-state index < -0.39 is 5.97 Å². The summed E-state index contributed by atoms with van der Waals surface area (Å²) >= 11 is 0. The third kappa shape index (κ3) is 4.84. The average molecular weight is 436 g/mol. The number of nitrogens with one attached hydrogen (secondary N) is 1. The van der Waals surface area contributed by atoms with Crippen molar-refractivity contribution < 1.29 is 19.1 Å². The SMILES string of the molecule is COC(=O)c1cn(CC(=O)NCC(c2cccc(C)c2)N2CCOCC2)c2ccccc12. The van der Waals surface area contributed by atoms with Crippen LogP contribution in [0.2, 0.25) is 0 Å². The maximum Gasteiger partial charge on any atom is 0.340 e. The highest BCUT2D eigenvalue weighted by atomic mass is 16.5. The zero-order valence-corrected chi connectivity index (χ0v) is 18.5. The summed E-state index contributed by atoms with van der Waals surface area (Å²) < 4.78 is 12.2. The fourth-order valence-corrected chi connectivity index (χ4v) is 4.30. The van der Waals surface area contributed by atoms with Crippen molar-refractivity contribution in [2.75, 3.05) is 40.0 Å². The number of amides is 1. The van der Waals surface area contributed by atoms with Gasteiger partial charge in [0.1, 0.15) is 6.54 Å². The minimum atomic E-state index is -0.410. The van der Waals surface area contributed by atoms with E-state index in [-0.39, 0.29) is 18.5 Å². The first-order chi connectivity index (χ1) is 15.6. The molecule has 2 aromatic carbocycles. The van der Waals surface area contributed by atoms with Gasteiger partial charge in [-0.1, -0.05) is 48.0 Å². The van der Waals surface area contributed by atoms with Gasteiger partial charge >= 0.3 is 5.97 Å². The molecule has 3 aromatic rings. The normalized spacial score (nSPS) is 15.4. The number of aryl methyl sites for hydroxylation is 1. The van der Waals surface area contributed by atoms with Crippen LogP contribution in [0.25, 0.3) is 10.9 Å². The van der Waals surface area contributed by atoms with Gasteiger partial charge in [0.25, 0.3) is 0 Å². The number of morpholine rings is 1. The van der Waals surface area contributed by atoms with Crippen LogP contribution < -0.4 is 5.32 Å². The van der Waals surface area contributed by atoms with Crippen molar-refractivity contribution in [3.8, 4) is 0 Å². The lowest BCUT2D eigenvalue weighted by Gasteiger charge is -2.35. The third-order valence-corrected chi connectivity index (χ3v) is 5.91. The smallest absolute Gasteiger partial charge is 0.340 e. The number of methoxy groups -OCH3 is 1. The number of rotatable bonds is 7. The number of carbonyl (C=O) groups excluding carboxylic acids is 2. The second-order valence-corrected chi connectivity index (χ2v) is 8.06. The topological polar surface area (TPSA) is 72.8 Å². The van der Waals surface area contributed by atoms with Gasteiger partial charge in [-0.05, 0) is 18.6 Å². The number of esters is 1. The average Bonchev–Trinajstić information content (AvgIpc) is 3.18. The van der Waals surface area contributed by atoms with Gasteiger partial charge in [-0.15, -0.1) is 0 Å². The van der Waals surface area contributed by atoms with Crippen LogP contribution in [0.3, 0.4) is 0 Å². The summed E-state index contributed by atoms with van der Waals surface area (Å²) in [6, 6.07) is 16.0. The lowest BCUT2D eigenvalue weighted by atomic mass is 10.0. The molecule has 1 aromatic heterocycles. The highest BCUT2D eigenvalue weighted by molar-refractivity contribution is 6.04. The Kier molecular flexibility index (Phi) is 6.87. The summed E-state index contributed by atoms with van der Waals surface area (Å²) in [5.41, 5.74) is 3.67. The van der Waals surface area contributed by atoms with Crippen LogP contribution >= 0.6 is 0 Å². The first-order valence-corrected chi connectivity index (χ1v) is 10.9. The highest BCUT2D eigenvalue weighted by Gasteiger charge is 2.24. The number of ether oxygens (including phenoxy) is 2. The number of hydrogen-bond donors (Lipinski definition) is 1. The van der Waals surface area contributed by atoms with E-state index in [2.05, 4.69) is 41.4 Å². The largest absolute Gasteiger partial charge is 0.465 e. The van der Waals surface area contributed by atoms with E-state index in [1.54, 1.807) is 10.8 Å². The van der Waals surface area contributed by atoms with Crippen LogP contribution in [-0.4, -0.2) is 61.3 Å². The number of carbonyl (C=O) groups is 2. The predicted molar refractivity (Wildman–Crippen MR) is 123 cm³/mol. The molecule has 1 unspecified atom stereocenters. The number of para-hydroxylation sites is 1. The van der Waals surface area contributed by atoms with Crippen molar-refractivity contribution >= 4 is 22.8 Å². The van der Waals surface area contributed by atoms with E-state index in [1.807, 2.05) is 24.3 Å². The number of hydrogen-bond acceptors (Lipinski definition) is 5. The van der Waals surface area contributed by atoms with Crippen LogP contribution in [0.4, 0.5) is 0 Å². The van der Waals surface area contributed by atoms with Crippen molar-refractivity contribution in [1.82, 2.24) is 14.8 Å². The Hall–Kier alpha value is -3.16. The Labute approximate surface area is 187 Å². The van der Waals surface area contributed by atoms with Gasteiger partial charge in [0.15, 0.2) is 0 Å². The fraction of sp³-hybridized carbons (Fsp3) is 0.360. The van der Waals surface area contributed by atoms with Gasteiger partial charge in [0, 0.05) is 36.7 Å². The molecule has 1 aliphatic heterocycles.